The van der Waals surface area contributed by atoms with Gasteiger partial charge < -0.3 is 5.73 Å². The minimum Gasteiger partial charge on any atom is -0.325 e. The fraction of sp³-hybridized carbons (Fsp3) is 0.538. The molecular formula is C13H17BrN2O2. The van der Waals surface area contributed by atoms with Gasteiger partial charge in [0.1, 0.15) is 0 Å². The van der Waals surface area contributed by atoms with Crippen molar-refractivity contribution in [1.29, 1.82) is 0 Å². The molecule has 2 N–H and O–H groups in total. The summed E-state index contributed by atoms with van der Waals surface area (Å²) in [7, 11) is 0. The van der Waals surface area contributed by atoms with Gasteiger partial charge >= 0.3 is 0 Å². The molecule has 1 aliphatic carbocycles. The van der Waals surface area contributed by atoms with Gasteiger partial charge in [-0.1, -0.05) is 19.1 Å². The highest BCUT2D eigenvalue weighted by atomic mass is 79.9. The average Bonchev–Trinajstić information content (AvgIpc) is 2.61. The molecule has 0 bridgehead atoms. The first-order valence-electron chi connectivity index (χ1n) is 6.12. The van der Waals surface area contributed by atoms with Gasteiger partial charge in [-0.25, -0.2) is 0 Å². The summed E-state index contributed by atoms with van der Waals surface area (Å²) in [5.41, 5.74) is 7.22. The second kappa shape index (κ2) is 4.97. The fourth-order valence-corrected chi connectivity index (χ4v) is 3.36. The van der Waals surface area contributed by atoms with E-state index in [0.717, 1.165) is 24.8 Å². The number of benzene rings is 1. The largest absolute Gasteiger partial charge is 0.325 e. The zero-order valence-electron chi connectivity index (χ0n) is 10.4. The minimum absolute atomic E-state index is 0.113. The van der Waals surface area contributed by atoms with Crippen LogP contribution < -0.4 is 5.73 Å². The lowest BCUT2D eigenvalue weighted by Crippen LogP contribution is -2.39. The Labute approximate surface area is 115 Å². The molecule has 2 unspecified atom stereocenters. The smallest absolute Gasteiger partial charge is 0.283 e. The van der Waals surface area contributed by atoms with Crippen LogP contribution in [-0.2, 0) is 6.42 Å². The van der Waals surface area contributed by atoms with Gasteiger partial charge in [-0.3, -0.25) is 10.1 Å². The standard InChI is InChI=1S/C13H17BrN2O2/c1-9-5-6-13(15,7-9)8-10-3-2-4-11(12(10)14)16(17)18/h2-4,9H,5-8,15H2,1H3. The molecule has 1 aromatic rings. The van der Waals surface area contributed by atoms with E-state index in [1.165, 1.54) is 6.07 Å². The van der Waals surface area contributed by atoms with Crippen LogP contribution in [0, 0.1) is 16.0 Å². The first-order valence-corrected chi connectivity index (χ1v) is 6.91. The molecule has 98 valence electrons. The molecule has 5 heteroatoms. The maximum atomic E-state index is 10.9. The Hall–Kier alpha value is -0.940. The molecule has 2 atom stereocenters. The molecule has 0 radical (unpaired) electrons. The monoisotopic (exact) mass is 312 g/mol. The number of nitrogens with zero attached hydrogens (tertiary/aromatic N) is 1. The van der Waals surface area contributed by atoms with E-state index in [1.54, 1.807) is 6.07 Å². The van der Waals surface area contributed by atoms with E-state index in [-0.39, 0.29) is 16.1 Å². The molecule has 1 fully saturated rings. The van der Waals surface area contributed by atoms with Crippen molar-refractivity contribution in [2.45, 2.75) is 38.1 Å². The van der Waals surface area contributed by atoms with Crippen LogP contribution in [-0.4, -0.2) is 10.5 Å². The van der Waals surface area contributed by atoms with Gasteiger partial charge in [0, 0.05) is 11.6 Å². The maximum absolute atomic E-state index is 10.9. The van der Waals surface area contributed by atoms with E-state index < -0.39 is 0 Å². The third-order valence-electron chi connectivity index (χ3n) is 3.69. The summed E-state index contributed by atoms with van der Waals surface area (Å²) in [5, 5.41) is 10.9. The normalized spacial score (nSPS) is 27.4. The van der Waals surface area contributed by atoms with Gasteiger partial charge in [0.25, 0.3) is 5.69 Å². The van der Waals surface area contributed by atoms with Crippen molar-refractivity contribution in [2.24, 2.45) is 11.7 Å². The van der Waals surface area contributed by atoms with Gasteiger partial charge in [-0.2, -0.15) is 0 Å². The van der Waals surface area contributed by atoms with Crippen molar-refractivity contribution in [2.75, 3.05) is 0 Å². The average molecular weight is 313 g/mol. The number of rotatable bonds is 3. The van der Waals surface area contributed by atoms with E-state index in [2.05, 4.69) is 22.9 Å². The van der Waals surface area contributed by atoms with Crippen molar-refractivity contribution >= 4 is 21.6 Å². The summed E-state index contributed by atoms with van der Waals surface area (Å²) >= 11 is 3.33. The molecule has 0 spiro atoms. The predicted molar refractivity (Wildman–Crippen MR) is 74.4 cm³/mol. The lowest BCUT2D eigenvalue weighted by molar-refractivity contribution is -0.385. The van der Waals surface area contributed by atoms with Crippen LogP contribution in [0.15, 0.2) is 22.7 Å². The summed E-state index contributed by atoms with van der Waals surface area (Å²) in [6, 6.07) is 5.14. The highest BCUT2D eigenvalue weighted by Crippen LogP contribution is 2.37. The van der Waals surface area contributed by atoms with Gasteiger partial charge in [0.05, 0.1) is 9.40 Å². The van der Waals surface area contributed by atoms with Crippen LogP contribution >= 0.6 is 15.9 Å². The second-order valence-corrected chi connectivity index (χ2v) is 6.19. The van der Waals surface area contributed by atoms with E-state index >= 15 is 0 Å². The topological polar surface area (TPSA) is 69.2 Å². The molecule has 4 nitrogen and oxygen atoms in total. The Kier molecular flexibility index (Phi) is 3.73. The van der Waals surface area contributed by atoms with Crippen LogP contribution in [0.4, 0.5) is 5.69 Å². The van der Waals surface area contributed by atoms with Crippen LogP contribution in [0.2, 0.25) is 0 Å². The van der Waals surface area contributed by atoms with E-state index in [4.69, 9.17) is 5.73 Å². The van der Waals surface area contributed by atoms with Crippen LogP contribution in [0.25, 0.3) is 0 Å². The van der Waals surface area contributed by atoms with E-state index in [0.29, 0.717) is 16.8 Å². The minimum atomic E-state index is -0.367. The molecule has 1 aliphatic rings. The number of nitro benzene ring substituents is 1. The molecule has 0 amide bonds. The summed E-state index contributed by atoms with van der Waals surface area (Å²) in [5.74, 6) is 0.646. The lowest BCUT2D eigenvalue weighted by atomic mass is 9.89. The highest BCUT2D eigenvalue weighted by Gasteiger charge is 2.34. The Bertz CT molecular complexity index is 478. The van der Waals surface area contributed by atoms with Gasteiger partial charge in [0.15, 0.2) is 0 Å². The van der Waals surface area contributed by atoms with Crippen LogP contribution in [0.3, 0.4) is 0 Å². The Morgan fingerprint density at radius 3 is 2.89 bits per heavy atom. The SMILES string of the molecule is CC1CCC(N)(Cc2cccc([N+](=O)[O-])c2Br)C1. The van der Waals surface area contributed by atoms with E-state index in [9.17, 15) is 10.1 Å². The fourth-order valence-electron chi connectivity index (χ4n) is 2.82. The third-order valence-corrected chi connectivity index (χ3v) is 4.60. The summed E-state index contributed by atoms with van der Waals surface area (Å²) in [4.78, 5) is 10.5. The molecule has 2 rings (SSSR count). The molecule has 0 heterocycles. The lowest BCUT2D eigenvalue weighted by Gasteiger charge is -2.24. The summed E-state index contributed by atoms with van der Waals surface area (Å²) < 4.78 is 0.569. The predicted octanol–water partition coefficient (Wildman–Crippen LogP) is 3.42. The first kappa shape index (κ1) is 13.5. The summed E-state index contributed by atoms with van der Waals surface area (Å²) in [6.07, 6.45) is 3.81. The number of nitro groups is 1. The highest BCUT2D eigenvalue weighted by molar-refractivity contribution is 9.10. The van der Waals surface area contributed by atoms with Crippen molar-refractivity contribution in [3.05, 3.63) is 38.3 Å². The zero-order valence-corrected chi connectivity index (χ0v) is 11.9. The second-order valence-electron chi connectivity index (χ2n) is 5.39. The number of nitrogens with two attached hydrogens (primary N) is 1. The van der Waals surface area contributed by atoms with Gasteiger partial charge in [-0.15, -0.1) is 0 Å². The molecular weight excluding hydrogens is 296 g/mol. The number of hydrogen-bond acceptors (Lipinski definition) is 3. The molecule has 0 saturated heterocycles. The van der Waals surface area contributed by atoms with Crippen molar-refractivity contribution < 1.29 is 4.92 Å². The molecule has 18 heavy (non-hydrogen) atoms. The Morgan fingerprint density at radius 1 is 1.61 bits per heavy atom. The van der Waals surface area contributed by atoms with Crippen molar-refractivity contribution in [1.82, 2.24) is 0 Å². The van der Waals surface area contributed by atoms with Crippen LogP contribution in [0.1, 0.15) is 31.7 Å². The molecule has 0 aromatic heterocycles. The third kappa shape index (κ3) is 2.72. The zero-order chi connectivity index (χ0) is 13.3. The van der Waals surface area contributed by atoms with Gasteiger partial charge in [0.2, 0.25) is 0 Å². The first-order chi connectivity index (χ1) is 8.41. The van der Waals surface area contributed by atoms with Gasteiger partial charge in [-0.05, 0) is 53.1 Å². The maximum Gasteiger partial charge on any atom is 0.283 e. The van der Waals surface area contributed by atoms with E-state index in [1.807, 2.05) is 6.07 Å². The molecule has 1 saturated carbocycles. The number of halogens is 1. The quantitative estimate of drug-likeness (QED) is 0.686. The van der Waals surface area contributed by atoms with Crippen molar-refractivity contribution in [3.63, 3.8) is 0 Å². The summed E-state index contributed by atoms with van der Waals surface area (Å²) in [6.45, 7) is 2.21. The van der Waals surface area contributed by atoms with Crippen molar-refractivity contribution in [3.8, 4) is 0 Å². The molecule has 0 aliphatic heterocycles. The van der Waals surface area contributed by atoms with Crippen LogP contribution in [0.5, 0.6) is 0 Å². The Morgan fingerprint density at radius 2 is 2.33 bits per heavy atom. The molecule has 1 aromatic carbocycles. The Balaban J connectivity index is 2.25. The number of hydrogen-bond donors (Lipinski definition) is 1.